The first-order valence-corrected chi connectivity index (χ1v) is 11.6. The second kappa shape index (κ2) is 8.41. The van der Waals surface area contributed by atoms with E-state index in [-0.39, 0.29) is 18.7 Å². The van der Waals surface area contributed by atoms with Gasteiger partial charge in [-0.05, 0) is 46.7 Å². The number of rotatable bonds is 5. The summed E-state index contributed by atoms with van der Waals surface area (Å²) in [5.74, 6) is -0.841. The molecule has 5 rings (SSSR count). The normalized spacial score (nSPS) is 17.4. The number of anilines is 1. The minimum absolute atomic E-state index is 0.194. The molecule has 33 heavy (non-hydrogen) atoms. The number of Topliss-reactive ketones (excluding diaryl/α,β-unsaturated/α-hetero) is 1. The number of carbonyl (C=O) groups excluding carboxylic acids is 2. The van der Waals surface area contributed by atoms with E-state index >= 15 is 0 Å². The topological polar surface area (TPSA) is 57.6 Å². The summed E-state index contributed by atoms with van der Waals surface area (Å²) in [6.45, 7) is 0.194. The third-order valence-electron chi connectivity index (χ3n) is 6.07. The fourth-order valence-corrected chi connectivity index (χ4v) is 4.90. The average Bonchev–Trinajstić information content (AvgIpc) is 3.01. The van der Waals surface area contributed by atoms with Gasteiger partial charge in [0.25, 0.3) is 5.91 Å². The minimum Gasteiger partial charge on any atom is -0.375 e. The number of aliphatic hydroxyl groups is 1. The van der Waals surface area contributed by atoms with Crippen LogP contribution in [0.3, 0.4) is 0 Å². The summed E-state index contributed by atoms with van der Waals surface area (Å²) in [5.41, 5.74) is 0.214. The molecular formula is C27H19BrClNO3. The molecule has 4 nitrogen and oxygen atoms in total. The Morgan fingerprint density at radius 2 is 1.67 bits per heavy atom. The van der Waals surface area contributed by atoms with E-state index < -0.39 is 11.5 Å². The summed E-state index contributed by atoms with van der Waals surface area (Å²) in [4.78, 5) is 28.3. The molecule has 0 fully saturated rings. The molecule has 4 aromatic rings. The van der Waals surface area contributed by atoms with Gasteiger partial charge in [0.1, 0.15) is 0 Å². The van der Waals surface area contributed by atoms with Crippen LogP contribution >= 0.6 is 27.5 Å². The van der Waals surface area contributed by atoms with Crippen LogP contribution in [-0.4, -0.2) is 16.8 Å². The lowest BCUT2D eigenvalue weighted by Gasteiger charge is -2.23. The Morgan fingerprint density at radius 3 is 2.45 bits per heavy atom. The van der Waals surface area contributed by atoms with E-state index in [0.717, 1.165) is 16.3 Å². The van der Waals surface area contributed by atoms with Crippen molar-refractivity contribution in [3.63, 3.8) is 0 Å². The molecule has 0 saturated heterocycles. The number of halogens is 2. The number of carbonyl (C=O) groups is 2. The number of ketones is 1. The second-order valence-corrected chi connectivity index (χ2v) is 9.49. The van der Waals surface area contributed by atoms with Gasteiger partial charge >= 0.3 is 0 Å². The van der Waals surface area contributed by atoms with E-state index in [1.54, 1.807) is 30.3 Å². The first kappa shape index (κ1) is 21.8. The molecule has 0 spiro atoms. The van der Waals surface area contributed by atoms with Crippen molar-refractivity contribution in [2.24, 2.45) is 0 Å². The maximum atomic E-state index is 13.6. The molecule has 1 aliphatic heterocycles. The summed E-state index contributed by atoms with van der Waals surface area (Å²) >= 11 is 9.75. The molecule has 0 radical (unpaired) electrons. The van der Waals surface area contributed by atoms with Crippen LogP contribution in [0.2, 0.25) is 5.02 Å². The molecule has 6 heteroatoms. The van der Waals surface area contributed by atoms with Gasteiger partial charge in [0.05, 0.1) is 18.7 Å². The Morgan fingerprint density at radius 1 is 0.939 bits per heavy atom. The lowest BCUT2D eigenvalue weighted by Crippen LogP contribution is -2.41. The Kier molecular flexibility index (Phi) is 5.57. The molecule has 4 aromatic carbocycles. The molecule has 0 saturated carbocycles. The van der Waals surface area contributed by atoms with Crippen molar-refractivity contribution in [1.29, 1.82) is 0 Å². The molecule has 1 heterocycles. The van der Waals surface area contributed by atoms with Crippen LogP contribution in [0, 0.1) is 0 Å². The zero-order valence-corrected chi connectivity index (χ0v) is 19.8. The standard InChI is InChI=1S/C27H19BrClNO3/c28-21-11-12-24-22(14-21)27(33,26(32)30(24)16-20-7-3-4-8-23(20)29)15-25(31)19-10-9-17-5-1-2-6-18(17)13-19/h1-14,33H,15-16H2/t27-/m1/s1. The van der Waals surface area contributed by atoms with Crippen LogP contribution < -0.4 is 4.90 Å². The maximum Gasteiger partial charge on any atom is 0.264 e. The number of fused-ring (bicyclic) bond motifs is 2. The lowest BCUT2D eigenvalue weighted by molar-refractivity contribution is -0.136. The third kappa shape index (κ3) is 3.86. The van der Waals surface area contributed by atoms with Crippen molar-refractivity contribution in [3.8, 4) is 0 Å². The number of amides is 1. The minimum atomic E-state index is -1.97. The van der Waals surface area contributed by atoms with Gasteiger partial charge in [-0.25, -0.2) is 0 Å². The van der Waals surface area contributed by atoms with Crippen LogP contribution in [0.15, 0.2) is 89.4 Å². The Labute approximate surface area is 204 Å². The molecular weight excluding hydrogens is 502 g/mol. The number of hydrogen-bond donors (Lipinski definition) is 1. The van der Waals surface area contributed by atoms with E-state index in [0.29, 0.717) is 26.3 Å². The van der Waals surface area contributed by atoms with Gasteiger partial charge in [-0.2, -0.15) is 0 Å². The van der Waals surface area contributed by atoms with Gasteiger partial charge in [0.15, 0.2) is 11.4 Å². The van der Waals surface area contributed by atoms with Crippen molar-refractivity contribution in [1.82, 2.24) is 0 Å². The van der Waals surface area contributed by atoms with Crippen molar-refractivity contribution >= 4 is 55.7 Å². The lowest BCUT2D eigenvalue weighted by atomic mass is 9.87. The zero-order chi connectivity index (χ0) is 23.2. The Hall–Kier alpha value is -2.99. The smallest absolute Gasteiger partial charge is 0.264 e. The molecule has 0 bridgehead atoms. The van der Waals surface area contributed by atoms with Crippen molar-refractivity contribution in [2.75, 3.05) is 4.90 Å². The fourth-order valence-electron chi connectivity index (χ4n) is 4.34. The van der Waals surface area contributed by atoms with E-state index in [2.05, 4.69) is 15.9 Å². The van der Waals surface area contributed by atoms with Crippen molar-refractivity contribution in [2.45, 2.75) is 18.6 Å². The quantitative estimate of drug-likeness (QED) is 0.316. The highest BCUT2D eigenvalue weighted by Crippen LogP contribution is 2.45. The van der Waals surface area contributed by atoms with E-state index in [4.69, 9.17) is 11.6 Å². The average molecular weight is 521 g/mol. The third-order valence-corrected chi connectivity index (χ3v) is 6.93. The van der Waals surface area contributed by atoms with Gasteiger partial charge in [-0.15, -0.1) is 0 Å². The molecule has 1 N–H and O–H groups in total. The van der Waals surface area contributed by atoms with Crippen molar-refractivity contribution in [3.05, 3.63) is 111 Å². The second-order valence-electron chi connectivity index (χ2n) is 8.17. The van der Waals surface area contributed by atoms with Gasteiger partial charge in [0, 0.05) is 20.6 Å². The van der Waals surface area contributed by atoms with Crippen LogP contribution in [0.4, 0.5) is 5.69 Å². The molecule has 1 atom stereocenters. The number of benzene rings is 4. The predicted molar refractivity (Wildman–Crippen MR) is 134 cm³/mol. The zero-order valence-electron chi connectivity index (χ0n) is 17.5. The van der Waals surface area contributed by atoms with Gasteiger partial charge < -0.3 is 10.0 Å². The molecule has 164 valence electrons. The molecule has 0 aromatic heterocycles. The molecule has 0 unspecified atom stereocenters. The number of hydrogen-bond acceptors (Lipinski definition) is 3. The largest absolute Gasteiger partial charge is 0.375 e. The fraction of sp³-hybridized carbons (Fsp3) is 0.111. The predicted octanol–water partition coefficient (Wildman–Crippen LogP) is 6.26. The van der Waals surface area contributed by atoms with Crippen LogP contribution in [0.25, 0.3) is 10.8 Å². The molecule has 1 amide bonds. The van der Waals surface area contributed by atoms with E-state index in [9.17, 15) is 14.7 Å². The summed E-state index contributed by atoms with van der Waals surface area (Å²) in [7, 11) is 0. The van der Waals surface area contributed by atoms with Gasteiger partial charge in [0.2, 0.25) is 0 Å². The van der Waals surface area contributed by atoms with Crippen LogP contribution in [-0.2, 0) is 16.9 Å². The summed E-state index contributed by atoms with van der Waals surface area (Å²) in [6, 6.07) is 25.7. The number of nitrogens with zero attached hydrogens (tertiary/aromatic N) is 1. The van der Waals surface area contributed by atoms with E-state index in [1.807, 2.05) is 54.6 Å². The SMILES string of the molecule is O=C(C[C@]1(O)C(=O)N(Cc2ccccc2Cl)c2ccc(Br)cc21)c1ccc2ccccc2c1. The van der Waals surface area contributed by atoms with Gasteiger partial charge in [-0.3, -0.25) is 9.59 Å². The summed E-state index contributed by atoms with van der Waals surface area (Å²) in [6.07, 6.45) is -0.355. The first-order chi connectivity index (χ1) is 15.9. The van der Waals surface area contributed by atoms with Crippen LogP contribution in [0.5, 0.6) is 0 Å². The van der Waals surface area contributed by atoms with E-state index in [1.165, 1.54) is 4.90 Å². The Balaban J connectivity index is 1.52. The summed E-state index contributed by atoms with van der Waals surface area (Å²) in [5, 5.41) is 14.1. The highest BCUT2D eigenvalue weighted by molar-refractivity contribution is 9.10. The molecule has 0 aliphatic carbocycles. The Bertz CT molecular complexity index is 1420. The summed E-state index contributed by atoms with van der Waals surface area (Å²) < 4.78 is 0.713. The van der Waals surface area contributed by atoms with Gasteiger partial charge in [-0.1, -0.05) is 82.1 Å². The van der Waals surface area contributed by atoms with Crippen molar-refractivity contribution < 1.29 is 14.7 Å². The first-order valence-electron chi connectivity index (χ1n) is 10.5. The highest BCUT2D eigenvalue weighted by atomic mass is 79.9. The highest BCUT2D eigenvalue weighted by Gasteiger charge is 2.51. The van der Waals surface area contributed by atoms with Crippen LogP contribution in [0.1, 0.15) is 27.9 Å². The molecule has 1 aliphatic rings. The maximum absolute atomic E-state index is 13.6. The monoisotopic (exact) mass is 519 g/mol.